The number of nitrogens with one attached hydrogen (secondary N) is 1. The van der Waals surface area contributed by atoms with E-state index in [9.17, 15) is 13.2 Å². The Morgan fingerprint density at radius 2 is 2.12 bits per heavy atom. The van der Waals surface area contributed by atoms with Crippen molar-refractivity contribution in [3.05, 3.63) is 30.1 Å². The fourth-order valence-corrected chi connectivity index (χ4v) is 5.91. The molecule has 25 heavy (non-hydrogen) atoms. The first kappa shape index (κ1) is 18.1. The summed E-state index contributed by atoms with van der Waals surface area (Å²) < 4.78 is 27.4. The molecule has 0 aromatic carbocycles. The van der Waals surface area contributed by atoms with Gasteiger partial charge in [0.2, 0.25) is 10.0 Å². The first-order valence-electron chi connectivity index (χ1n) is 8.81. The topological polar surface area (TPSA) is 82.6 Å². The number of urea groups is 1. The van der Waals surface area contributed by atoms with Crippen LogP contribution in [-0.4, -0.2) is 59.6 Å². The number of hydrogen-bond acceptors (Lipinski definition) is 4. The predicted molar refractivity (Wildman–Crippen MR) is 95.3 cm³/mol. The molecule has 2 aliphatic heterocycles. The Kier molecular flexibility index (Phi) is 5.29. The van der Waals surface area contributed by atoms with Crippen LogP contribution < -0.4 is 5.32 Å². The van der Waals surface area contributed by atoms with Gasteiger partial charge in [0.25, 0.3) is 0 Å². The summed E-state index contributed by atoms with van der Waals surface area (Å²) in [4.78, 5) is 18.0. The molecule has 0 spiro atoms. The van der Waals surface area contributed by atoms with Crippen molar-refractivity contribution in [2.75, 3.05) is 19.6 Å². The second-order valence-corrected chi connectivity index (χ2v) is 9.32. The maximum Gasteiger partial charge on any atom is 0.317 e. The third-order valence-corrected chi connectivity index (χ3v) is 7.32. The molecule has 138 valence electrons. The van der Waals surface area contributed by atoms with Crippen LogP contribution in [0.1, 0.15) is 32.3 Å². The molecule has 2 aliphatic rings. The molecule has 0 aliphatic carbocycles. The molecule has 2 amide bonds. The highest BCUT2D eigenvalue weighted by atomic mass is 32.2. The lowest BCUT2D eigenvalue weighted by Gasteiger charge is -2.23. The SMILES string of the molecule is CC(C)NC(=O)N1CC[C@@H]2CN(Cc3cccnc3)S(=O)(=O)[C@@H]2CC1. The van der Waals surface area contributed by atoms with E-state index < -0.39 is 10.0 Å². The van der Waals surface area contributed by atoms with Crippen molar-refractivity contribution in [2.24, 2.45) is 5.92 Å². The van der Waals surface area contributed by atoms with Crippen molar-refractivity contribution >= 4 is 16.1 Å². The summed E-state index contributed by atoms with van der Waals surface area (Å²) in [6, 6.07) is 3.70. The lowest BCUT2D eigenvalue weighted by Crippen LogP contribution is -2.43. The molecule has 1 N–H and O–H groups in total. The molecule has 3 rings (SSSR count). The molecule has 0 saturated carbocycles. The summed E-state index contributed by atoms with van der Waals surface area (Å²) in [7, 11) is -3.33. The van der Waals surface area contributed by atoms with Gasteiger partial charge < -0.3 is 10.2 Å². The summed E-state index contributed by atoms with van der Waals surface area (Å²) in [5.41, 5.74) is 0.903. The first-order chi connectivity index (χ1) is 11.9. The van der Waals surface area contributed by atoms with E-state index in [1.54, 1.807) is 21.6 Å². The average Bonchev–Trinajstić information content (AvgIpc) is 2.71. The second-order valence-electron chi connectivity index (χ2n) is 7.17. The highest BCUT2D eigenvalue weighted by Crippen LogP contribution is 2.35. The van der Waals surface area contributed by atoms with E-state index in [0.717, 1.165) is 12.0 Å². The van der Waals surface area contributed by atoms with Gasteiger partial charge in [-0.15, -0.1) is 0 Å². The Morgan fingerprint density at radius 3 is 2.80 bits per heavy atom. The predicted octanol–water partition coefficient (Wildman–Crippen LogP) is 1.43. The van der Waals surface area contributed by atoms with Crippen LogP contribution in [0.25, 0.3) is 0 Å². The molecule has 1 aromatic heterocycles. The van der Waals surface area contributed by atoms with Gasteiger partial charge in [0, 0.05) is 44.6 Å². The molecule has 1 aromatic rings. The summed E-state index contributed by atoms with van der Waals surface area (Å²) in [6.45, 7) is 5.84. The van der Waals surface area contributed by atoms with Crippen LogP contribution in [0.2, 0.25) is 0 Å². The van der Waals surface area contributed by atoms with Crippen LogP contribution in [0.4, 0.5) is 4.79 Å². The minimum Gasteiger partial charge on any atom is -0.336 e. The summed E-state index contributed by atoms with van der Waals surface area (Å²) >= 11 is 0. The third-order valence-electron chi connectivity index (χ3n) is 4.94. The van der Waals surface area contributed by atoms with E-state index in [2.05, 4.69) is 10.3 Å². The normalized spacial score (nSPS) is 26.3. The summed E-state index contributed by atoms with van der Waals surface area (Å²) in [5, 5.41) is 2.50. The number of nitrogens with zero attached hydrogens (tertiary/aromatic N) is 3. The number of pyridine rings is 1. The van der Waals surface area contributed by atoms with Gasteiger partial charge in [-0.1, -0.05) is 6.07 Å². The Labute approximate surface area is 149 Å². The number of carbonyl (C=O) groups is 1. The molecule has 0 bridgehead atoms. The van der Waals surface area contributed by atoms with Crippen LogP contribution in [-0.2, 0) is 16.6 Å². The van der Waals surface area contributed by atoms with Crippen molar-refractivity contribution < 1.29 is 13.2 Å². The molecule has 2 atom stereocenters. The van der Waals surface area contributed by atoms with Gasteiger partial charge in [0.05, 0.1) is 5.25 Å². The van der Waals surface area contributed by atoms with Crippen LogP contribution >= 0.6 is 0 Å². The zero-order chi connectivity index (χ0) is 18.0. The number of hydrogen-bond donors (Lipinski definition) is 1. The van der Waals surface area contributed by atoms with Gasteiger partial charge >= 0.3 is 6.03 Å². The quantitative estimate of drug-likeness (QED) is 0.877. The number of rotatable bonds is 3. The van der Waals surface area contributed by atoms with Crippen molar-refractivity contribution in [3.63, 3.8) is 0 Å². The van der Waals surface area contributed by atoms with Crippen molar-refractivity contribution in [1.82, 2.24) is 19.5 Å². The summed E-state index contributed by atoms with van der Waals surface area (Å²) in [5.74, 6) is 0.0820. The van der Waals surface area contributed by atoms with Gasteiger partial charge in [-0.2, -0.15) is 4.31 Å². The highest BCUT2D eigenvalue weighted by Gasteiger charge is 2.47. The van der Waals surface area contributed by atoms with Gasteiger partial charge in [0.15, 0.2) is 0 Å². The van der Waals surface area contributed by atoms with Gasteiger partial charge in [-0.25, -0.2) is 13.2 Å². The maximum absolute atomic E-state index is 12.9. The Morgan fingerprint density at radius 1 is 1.36 bits per heavy atom. The maximum atomic E-state index is 12.9. The monoisotopic (exact) mass is 366 g/mol. The van der Waals surface area contributed by atoms with E-state index >= 15 is 0 Å². The van der Waals surface area contributed by atoms with Crippen molar-refractivity contribution in [2.45, 2.75) is 44.5 Å². The third kappa shape index (κ3) is 3.95. The minimum absolute atomic E-state index is 0.0777. The first-order valence-corrected chi connectivity index (χ1v) is 10.3. The number of fused-ring (bicyclic) bond motifs is 1. The fourth-order valence-electron chi connectivity index (χ4n) is 3.69. The number of aromatic nitrogens is 1. The van der Waals surface area contributed by atoms with E-state index in [0.29, 0.717) is 32.6 Å². The zero-order valence-electron chi connectivity index (χ0n) is 14.8. The van der Waals surface area contributed by atoms with Crippen LogP contribution in [0, 0.1) is 5.92 Å². The van der Waals surface area contributed by atoms with Crippen molar-refractivity contribution in [3.8, 4) is 0 Å². The standard InChI is InChI=1S/C17H26N4O3S/c1-13(2)19-17(22)20-8-5-15-12-21(11-14-4-3-7-18-10-14)25(23,24)16(15)6-9-20/h3-4,7,10,13,15-16H,5-6,8-9,11-12H2,1-2H3,(H,19,22)/t15-,16-/m1/s1. The molecular weight excluding hydrogens is 340 g/mol. The van der Waals surface area contributed by atoms with E-state index in [-0.39, 0.29) is 23.2 Å². The van der Waals surface area contributed by atoms with Crippen LogP contribution in [0.3, 0.4) is 0 Å². The molecule has 3 heterocycles. The molecule has 2 saturated heterocycles. The van der Waals surface area contributed by atoms with Gasteiger partial charge in [-0.05, 0) is 44.2 Å². The molecule has 2 fully saturated rings. The molecule has 8 heteroatoms. The lowest BCUT2D eigenvalue weighted by atomic mass is 10.0. The fraction of sp³-hybridized carbons (Fsp3) is 0.647. The Balaban J connectivity index is 1.67. The molecule has 0 unspecified atom stereocenters. The average molecular weight is 366 g/mol. The summed E-state index contributed by atoms with van der Waals surface area (Å²) in [6.07, 6.45) is 4.62. The lowest BCUT2D eigenvalue weighted by molar-refractivity contribution is 0.196. The number of amides is 2. The van der Waals surface area contributed by atoms with E-state index in [4.69, 9.17) is 0 Å². The highest BCUT2D eigenvalue weighted by molar-refractivity contribution is 7.90. The molecule has 7 nitrogen and oxygen atoms in total. The van der Waals surface area contributed by atoms with E-state index in [1.807, 2.05) is 26.0 Å². The smallest absolute Gasteiger partial charge is 0.317 e. The number of sulfonamides is 1. The number of carbonyl (C=O) groups excluding carboxylic acids is 1. The minimum atomic E-state index is -3.33. The Hall–Kier alpha value is -1.67. The van der Waals surface area contributed by atoms with Crippen molar-refractivity contribution in [1.29, 1.82) is 0 Å². The van der Waals surface area contributed by atoms with Gasteiger partial charge in [0.1, 0.15) is 0 Å². The Bertz CT molecular complexity index is 708. The van der Waals surface area contributed by atoms with Crippen LogP contribution in [0.15, 0.2) is 24.5 Å². The molecule has 0 radical (unpaired) electrons. The largest absolute Gasteiger partial charge is 0.336 e. The molecular formula is C17H26N4O3S. The second kappa shape index (κ2) is 7.29. The van der Waals surface area contributed by atoms with Gasteiger partial charge in [-0.3, -0.25) is 4.98 Å². The van der Waals surface area contributed by atoms with Crippen LogP contribution in [0.5, 0.6) is 0 Å². The zero-order valence-corrected chi connectivity index (χ0v) is 15.6. The van der Waals surface area contributed by atoms with E-state index in [1.165, 1.54) is 0 Å². The number of likely N-dealkylation sites (tertiary alicyclic amines) is 1.